The summed E-state index contributed by atoms with van der Waals surface area (Å²) in [5.41, 5.74) is 3.37. The molecule has 1 rings (SSSR count). The molecule has 0 aromatic heterocycles. The third-order valence-corrected chi connectivity index (χ3v) is 2.64. The number of aromatic hydroxyl groups is 1. The SMILES string of the molecule is C=CCN(CC=C)C(=S)N/N=C\c1ccccc1O. The predicted octanol–water partition coefficient (Wildman–Crippen LogP) is 2.27. The Morgan fingerprint density at radius 3 is 2.53 bits per heavy atom. The molecule has 0 atom stereocenters. The number of hydrogen-bond donors (Lipinski definition) is 2. The lowest BCUT2D eigenvalue weighted by Crippen LogP contribution is -2.37. The topological polar surface area (TPSA) is 47.9 Å². The van der Waals surface area contributed by atoms with E-state index in [0.29, 0.717) is 23.8 Å². The third kappa shape index (κ3) is 4.93. The van der Waals surface area contributed by atoms with Crippen LogP contribution in [0.1, 0.15) is 5.56 Å². The smallest absolute Gasteiger partial charge is 0.190 e. The molecular formula is C14H17N3OS. The molecule has 0 aliphatic heterocycles. The summed E-state index contributed by atoms with van der Waals surface area (Å²) in [6, 6.07) is 6.93. The number of phenols is 1. The van der Waals surface area contributed by atoms with E-state index in [2.05, 4.69) is 23.7 Å². The first-order valence-electron chi connectivity index (χ1n) is 5.76. The highest BCUT2D eigenvalue weighted by Gasteiger charge is 2.04. The molecule has 2 N–H and O–H groups in total. The number of thiocarbonyl (C=S) groups is 1. The van der Waals surface area contributed by atoms with Gasteiger partial charge in [0, 0.05) is 18.7 Å². The van der Waals surface area contributed by atoms with Gasteiger partial charge in [0.1, 0.15) is 5.75 Å². The number of hydrogen-bond acceptors (Lipinski definition) is 3. The van der Waals surface area contributed by atoms with Crippen molar-refractivity contribution in [3.05, 3.63) is 55.1 Å². The van der Waals surface area contributed by atoms with Gasteiger partial charge < -0.3 is 10.0 Å². The number of nitrogens with one attached hydrogen (secondary N) is 1. The van der Waals surface area contributed by atoms with Crippen molar-refractivity contribution in [1.29, 1.82) is 0 Å². The van der Waals surface area contributed by atoms with E-state index in [-0.39, 0.29) is 5.75 Å². The van der Waals surface area contributed by atoms with Crippen LogP contribution in [0.5, 0.6) is 5.75 Å². The molecule has 100 valence electrons. The van der Waals surface area contributed by atoms with E-state index in [0.717, 1.165) is 0 Å². The van der Waals surface area contributed by atoms with Gasteiger partial charge in [0.15, 0.2) is 5.11 Å². The van der Waals surface area contributed by atoms with Crippen LogP contribution in [0, 0.1) is 0 Å². The van der Waals surface area contributed by atoms with Crippen LogP contribution >= 0.6 is 12.2 Å². The normalized spacial score (nSPS) is 10.1. The maximum Gasteiger partial charge on any atom is 0.190 e. The number of phenolic OH excluding ortho intramolecular Hbond substituents is 1. The van der Waals surface area contributed by atoms with Gasteiger partial charge >= 0.3 is 0 Å². The fourth-order valence-corrected chi connectivity index (χ4v) is 1.58. The molecule has 0 radical (unpaired) electrons. The maximum atomic E-state index is 9.56. The maximum absolute atomic E-state index is 9.56. The quantitative estimate of drug-likeness (QED) is 0.362. The molecule has 19 heavy (non-hydrogen) atoms. The highest BCUT2D eigenvalue weighted by Crippen LogP contribution is 2.12. The van der Waals surface area contributed by atoms with Gasteiger partial charge in [-0.3, -0.25) is 5.43 Å². The number of benzene rings is 1. The van der Waals surface area contributed by atoms with Crippen molar-refractivity contribution in [2.24, 2.45) is 5.10 Å². The van der Waals surface area contributed by atoms with E-state index in [1.54, 1.807) is 30.4 Å². The van der Waals surface area contributed by atoms with Gasteiger partial charge in [0.25, 0.3) is 0 Å². The van der Waals surface area contributed by atoms with Crippen LogP contribution in [0.3, 0.4) is 0 Å². The van der Waals surface area contributed by atoms with Crippen molar-refractivity contribution in [2.75, 3.05) is 13.1 Å². The van der Waals surface area contributed by atoms with Crippen molar-refractivity contribution in [3.63, 3.8) is 0 Å². The molecular weight excluding hydrogens is 258 g/mol. The van der Waals surface area contributed by atoms with Gasteiger partial charge in [0.2, 0.25) is 0 Å². The molecule has 1 aromatic carbocycles. The average Bonchev–Trinajstić information content (AvgIpc) is 2.40. The molecule has 0 heterocycles. The molecule has 1 aromatic rings. The lowest BCUT2D eigenvalue weighted by Gasteiger charge is -2.20. The summed E-state index contributed by atoms with van der Waals surface area (Å²) in [7, 11) is 0. The summed E-state index contributed by atoms with van der Waals surface area (Å²) < 4.78 is 0. The van der Waals surface area contributed by atoms with Crippen molar-refractivity contribution >= 4 is 23.5 Å². The highest BCUT2D eigenvalue weighted by molar-refractivity contribution is 7.80. The second-order valence-electron chi connectivity index (χ2n) is 3.72. The first-order valence-corrected chi connectivity index (χ1v) is 6.17. The summed E-state index contributed by atoms with van der Waals surface area (Å²) in [5.74, 6) is 0.174. The standard InChI is InChI=1S/C14H17N3OS/c1-3-9-17(10-4-2)14(19)16-15-11-12-7-5-6-8-13(12)18/h3-8,11,18H,1-2,9-10H2,(H,16,19)/b15-11-. The molecule has 0 aliphatic carbocycles. The third-order valence-electron chi connectivity index (χ3n) is 2.29. The summed E-state index contributed by atoms with van der Waals surface area (Å²) in [6.45, 7) is 8.57. The number of hydrazone groups is 1. The molecule has 0 fully saturated rings. The van der Waals surface area contributed by atoms with Gasteiger partial charge in [-0.1, -0.05) is 24.3 Å². The summed E-state index contributed by atoms with van der Waals surface area (Å²) in [5, 5.41) is 14.0. The number of rotatable bonds is 6. The van der Waals surface area contributed by atoms with E-state index in [9.17, 15) is 5.11 Å². The minimum absolute atomic E-state index is 0.174. The van der Waals surface area contributed by atoms with Gasteiger partial charge in [0.05, 0.1) is 6.21 Å². The van der Waals surface area contributed by atoms with Gasteiger partial charge in [-0.05, 0) is 24.4 Å². The van der Waals surface area contributed by atoms with E-state index >= 15 is 0 Å². The molecule has 0 amide bonds. The van der Waals surface area contributed by atoms with Crippen LogP contribution < -0.4 is 5.43 Å². The largest absolute Gasteiger partial charge is 0.507 e. The summed E-state index contributed by atoms with van der Waals surface area (Å²) in [6.07, 6.45) is 5.02. The summed E-state index contributed by atoms with van der Waals surface area (Å²) >= 11 is 5.20. The monoisotopic (exact) mass is 275 g/mol. The first kappa shape index (κ1) is 14.9. The fourth-order valence-electron chi connectivity index (χ4n) is 1.38. The predicted molar refractivity (Wildman–Crippen MR) is 83.4 cm³/mol. The molecule has 5 heteroatoms. The van der Waals surface area contributed by atoms with Crippen LogP contribution in [0.2, 0.25) is 0 Å². The highest BCUT2D eigenvalue weighted by atomic mass is 32.1. The van der Waals surface area contributed by atoms with Gasteiger partial charge in [-0.25, -0.2) is 0 Å². The molecule has 4 nitrogen and oxygen atoms in total. The van der Waals surface area contributed by atoms with Crippen LogP contribution in [0.25, 0.3) is 0 Å². The number of para-hydroxylation sites is 1. The number of nitrogens with zero attached hydrogens (tertiary/aromatic N) is 2. The molecule has 0 saturated heterocycles. The molecule has 0 unspecified atom stereocenters. The zero-order valence-corrected chi connectivity index (χ0v) is 11.4. The van der Waals surface area contributed by atoms with E-state index < -0.39 is 0 Å². The van der Waals surface area contributed by atoms with Gasteiger partial charge in [-0.2, -0.15) is 5.10 Å². The zero-order valence-electron chi connectivity index (χ0n) is 10.6. The summed E-state index contributed by atoms with van der Waals surface area (Å²) in [4.78, 5) is 1.86. The lowest BCUT2D eigenvalue weighted by molar-refractivity contribution is 0.474. The van der Waals surface area contributed by atoms with Crippen LogP contribution in [-0.2, 0) is 0 Å². The minimum atomic E-state index is 0.174. The van der Waals surface area contributed by atoms with Crippen LogP contribution in [0.4, 0.5) is 0 Å². The second kappa shape index (κ2) is 8.05. The molecule has 0 saturated carbocycles. The van der Waals surface area contributed by atoms with E-state index in [1.165, 1.54) is 6.21 Å². The van der Waals surface area contributed by atoms with E-state index in [1.807, 2.05) is 11.0 Å². The average molecular weight is 275 g/mol. The van der Waals surface area contributed by atoms with Crippen molar-refractivity contribution in [1.82, 2.24) is 10.3 Å². The Bertz CT molecular complexity index is 475. The Kier molecular flexibility index (Phi) is 6.32. The Morgan fingerprint density at radius 1 is 1.32 bits per heavy atom. The molecule has 0 bridgehead atoms. The van der Waals surface area contributed by atoms with E-state index in [4.69, 9.17) is 12.2 Å². The molecule has 0 aliphatic rings. The molecule has 0 spiro atoms. The van der Waals surface area contributed by atoms with Crippen LogP contribution in [-0.4, -0.2) is 34.4 Å². The van der Waals surface area contributed by atoms with Crippen LogP contribution in [0.15, 0.2) is 54.7 Å². The fraction of sp³-hybridized carbons (Fsp3) is 0.143. The van der Waals surface area contributed by atoms with Crippen molar-refractivity contribution in [3.8, 4) is 5.75 Å². The Hall–Kier alpha value is -2.14. The second-order valence-corrected chi connectivity index (χ2v) is 4.10. The van der Waals surface area contributed by atoms with Gasteiger partial charge in [-0.15, -0.1) is 13.2 Å². The zero-order chi connectivity index (χ0) is 14.1. The Morgan fingerprint density at radius 2 is 1.95 bits per heavy atom. The Balaban J connectivity index is 2.59. The first-order chi connectivity index (χ1) is 9.19. The Labute approximate surface area is 118 Å². The lowest BCUT2D eigenvalue weighted by atomic mass is 10.2. The van der Waals surface area contributed by atoms with Crippen molar-refractivity contribution in [2.45, 2.75) is 0 Å². The van der Waals surface area contributed by atoms with Crippen molar-refractivity contribution < 1.29 is 5.11 Å². The minimum Gasteiger partial charge on any atom is -0.507 e.